The topological polar surface area (TPSA) is 92.7 Å². The predicted octanol–water partition coefficient (Wildman–Crippen LogP) is 3.09. The summed E-state index contributed by atoms with van der Waals surface area (Å²) in [6.07, 6.45) is 3.52. The number of aromatic nitrogens is 4. The standard InChI is InChI=1S/C23H23N5O2/c1-15-18(14-25-27-15)6-5-13-24-22(29)17-9-11-19(12-10-17)28-16(2)26-21-8-4-3-7-20(21)23(28)30/h3-4,7-12,14H,5-6,13H2,1-2H3,(H,24,29)(H,25,27). The predicted molar refractivity (Wildman–Crippen MR) is 116 cm³/mol. The van der Waals surface area contributed by atoms with Gasteiger partial charge in [0.15, 0.2) is 0 Å². The van der Waals surface area contributed by atoms with Crippen molar-refractivity contribution in [3.63, 3.8) is 0 Å². The Morgan fingerprint density at radius 2 is 1.87 bits per heavy atom. The molecular formula is C23H23N5O2. The van der Waals surface area contributed by atoms with E-state index in [9.17, 15) is 9.59 Å². The van der Waals surface area contributed by atoms with Crippen molar-refractivity contribution in [2.75, 3.05) is 6.54 Å². The fourth-order valence-corrected chi connectivity index (χ4v) is 3.52. The lowest BCUT2D eigenvalue weighted by Crippen LogP contribution is -2.25. The number of amides is 1. The molecule has 0 atom stereocenters. The van der Waals surface area contributed by atoms with Gasteiger partial charge in [-0.25, -0.2) is 4.98 Å². The summed E-state index contributed by atoms with van der Waals surface area (Å²) in [4.78, 5) is 29.8. The second-order valence-electron chi connectivity index (χ2n) is 7.24. The number of carbonyl (C=O) groups excluding carboxylic acids is 1. The average Bonchev–Trinajstić information content (AvgIpc) is 3.16. The Hall–Kier alpha value is -3.74. The van der Waals surface area contributed by atoms with Crippen molar-refractivity contribution in [2.24, 2.45) is 0 Å². The van der Waals surface area contributed by atoms with Gasteiger partial charge in [-0.1, -0.05) is 12.1 Å². The van der Waals surface area contributed by atoms with E-state index in [1.54, 1.807) is 41.8 Å². The molecule has 2 aromatic heterocycles. The minimum absolute atomic E-state index is 0.121. The van der Waals surface area contributed by atoms with Gasteiger partial charge in [-0.15, -0.1) is 0 Å². The molecule has 4 aromatic rings. The summed E-state index contributed by atoms with van der Waals surface area (Å²) in [6.45, 7) is 4.37. The Morgan fingerprint density at radius 3 is 2.60 bits per heavy atom. The molecule has 2 N–H and O–H groups in total. The molecule has 0 aliphatic rings. The number of hydrogen-bond donors (Lipinski definition) is 2. The SMILES string of the molecule is Cc1[nH]ncc1CCCNC(=O)c1ccc(-n2c(C)nc3ccccc3c2=O)cc1. The van der Waals surface area contributed by atoms with E-state index in [-0.39, 0.29) is 11.5 Å². The van der Waals surface area contributed by atoms with Crippen molar-refractivity contribution in [3.05, 3.63) is 87.7 Å². The number of aryl methyl sites for hydroxylation is 3. The lowest BCUT2D eigenvalue weighted by atomic mass is 10.1. The normalized spacial score (nSPS) is 11.0. The lowest BCUT2D eigenvalue weighted by Gasteiger charge is -2.11. The van der Waals surface area contributed by atoms with Crippen molar-refractivity contribution >= 4 is 16.8 Å². The van der Waals surface area contributed by atoms with Crippen LogP contribution in [-0.2, 0) is 6.42 Å². The Bertz CT molecular complexity index is 1250. The van der Waals surface area contributed by atoms with Crippen LogP contribution in [-0.4, -0.2) is 32.2 Å². The molecule has 0 bridgehead atoms. The fraction of sp³-hybridized carbons (Fsp3) is 0.217. The first-order valence-corrected chi connectivity index (χ1v) is 9.90. The van der Waals surface area contributed by atoms with Crippen molar-refractivity contribution < 1.29 is 4.79 Å². The van der Waals surface area contributed by atoms with Crippen LogP contribution in [0.3, 0.4) is 0 Å². The molecule has 4 rings (SSSR count). The van der Waals surface area contributed by atoms with Crippen LogP contribution in [0.2, 0.25) is 0 Å². The van der Waals surface area contributed by atoms with Gasteiger partial charge in [0.1, 0.15) is 5.82 Å². The van der Waals surface area contributed by atoms with Crippen molar-refractivity contribution in [1.29, 1.82) is 0 Å². The van der Waals surface area contributed by atoms with E-state index >= 15 is 0 Å². The fourth-order valence-electron chi connectivity index (χ4n) is 3.52. The smallest absolute Gasteiger partial charge is 0.265 e. The summed E-state index contributed by atoms with van der Waals surface area (Å²) in [5.74, 6) is 0.469. The summed E-state index contributed by atoms with van der Waals surface area (Å²) < 4.78 is 1.57. The number of nitrogens with one attached hydrogen (secondary N) is 2. The number of H-pyrrole nitrogens is 1. The molecule has 0 saturated heterocycles. The van der Waals surface area contributed by atoms with E-state index in [2.05, 4.69) is 20.5 Å². The van der Waals surface area contributed by atoms with Gasteiger partial charge in [0.05, 0.1) is 22.8 Å². The van der Waals surface area contributed by atoms with Crippen LogP contribution in [0.5, 0.6) is 0 Å². The van der Waals surface area contributed by atoms with E-state index in [0.29, 0.717) is 34.5 Å². The maximum absolute atomic E-state index is 12.9. The van der Waals surface area contributed by atoms with E-state index in [1.807, 2.05) is 31.3 Å². The maximum Gasteiger partial charge on any atom is 0.265 e. The van der Waals surface area contributed by atoms with Crippen LogP contribution in [0.15, 0.2) is 59.5 Å². The first-order chi connectivity index (χ1) is 14.5. The third-order valence-corrected chi connectivity index (χ3v) is 5.17. The molecule has 2 heterocycles. The molecule has 2 aromatic carbocycles. The minimum atomic E-state index is -0.133. The monoisotopic (exact) mass is 401 g/mol. The number of benzene rings is 2. The highest BCUT2D eigenvalue weighted by Crippen LogP contribution is 2.13. The zero-order chi connectivity index (χ0) is 21.1. The van der Waals surface area contributed by atoms with Crippen LogP contribution < -0.4 is 10.9 Å². The Balaban J connectivity index is 1.45. The largest absolute Gasteiger partial charge is 0.352 e. The Labute approximate surface area is 173 Å². The molecule has 7 nitrogen and oxygen atoms in total. The van der Waals surface area contributed by atoms with Gasteiger partial charge in [0.25, 0.3) is 11.5 Å². The number of carbonyl (C=O) groups is 1. The summed E-state index contributed by atoms with van der Waals surface area (Å²) in [5.41, 5.74) is 4.02. The number of hydrogen-bond acceptors (Lipinski definition) is 4. The molecule has 152 valence electrons. The average molecular weight is 401 g/mol. The third-order valence-electron chi connectivity index (χ3n) is 5.17. The zero-order valence-corrected chi connectivity index (χ0v) is 17.0. The van der Waals surface area contributed by atoms with Crippen molar-refractivity contribution in [2.45, 2.75) is 26.7 Å². The number of aromatic amines is 1. The van der Waals surface area contributed by atoms with Gasteiger partial charge in [-0.05, 0) is 68.7 Å². The highest BCUT2D eigenvalue weighted by Gasteiger charge is 2.11. The van der Waals surface area contributed by atoms with E-state index in [4.69, 9.17) is 0 Å². The molecular weight excluding hydrogens is 378 g/mol. The quantitative estimate of drug-likeness (QED) is 0.486. The van der Waals surface area contributed by atoms with Crippen LogP contribution in [0, 0.1) is 13.8 Å². The molecule has 0 radical (unpaired) electrons. The molecule has 0 spiro atoms. The first kappa shape index (κ1) is 19.6. The second-order valence-corrected chi connectivity index (χ2v) is 7.24. The second kappa shape index (κ2) is 8.32. The molecule has 0 aliphatic carbocycles. The van der Waals surface area contributed by atoms with Crippen molar-refractivity contribution in [3.8, 4) is 5.69 Å². The molecule has 0 aliphatic heterocycles. The van der Waals surface area contributed by atoms with Crippen LogP contribution in [0.4, 0.5) is 0 Å². The van der Waals surface area contributed by atoms with Crippen LogP contribution >= 0.6 is 0 Å². The first-order valence-electron chi connectivity index (χ1n) is 9.90. The summed E-state index contributed by atoms with van der Waals surface area (Å²) >= 11 is 0. The van der Waals surface area contributed by atoms with Gasteiger partial charge in [0.2, 0.25) is 0 Å². The van der Waals surface area contributed by atoms with Crippen molar-refractivity contribution in [1.82, 2.24) is 25.1 Å². The van der Waals surface area contributed by atoms with Crippen LogP contribution in [0.1, 0.15) is 33.9 Å². The van der Waals surface area contributed by atoms with Crippen LogP contribution in [0.25, 0.3) is 16.6 Å². The zero-order valence-electron chi connectivity index (χ0n) is 17.0. The number of nitrogens with zero attached hydrogens (tertiary/aromatic N) is 3. The van der Waals surface area contributed by atoms with Gasteiger partial charge < -0.3 is 5.32 Å². The van der Waals surface area contributed by atoms with Gasteiger partial charge >= 0.3 is 0 Å². The third kappa shape index (κ3) is 3.87. The van der Waals surface area contributed by atoms with Gasteiger partial charge in [0, 0.05) is 17.8 Å². The lowest BCUT2D eigenvalue weighted by molar-refractivity contribution is 0.0953. The van der Waals surface area contributed by atoms with E-state index in [0.717, 1.165) is 18.5 Å². The molecule has 7 heteroatoms. The van der Waals surface area contributed by atoms with E-state index in [1.165, 1.54) is 5.56 Å². The number of fused-ring (bicyclic) bond motifs is 1. The highest BCUT2D eigenvalue weighted by atomic mass is 16.1. The molecule has 30 heavy (non-hydrogen) atoms. The Morgan fingerprint density at radius 1 is 1.10 bits per heavy atom. The molecule has 1 amide bonds. The maximum atomic E-state index is 12.9. The Kier molecular flexibility index (Phi) is 5.43. The molecule has 0 unspecified atom stereocenters. The highest BCUT2D eigenvalue weighted by molar-refractivity contribution is 5.94. The summed E-state index contributed by atoms with van der Waals surface area (Å²) in [7, 11) is 0. The van der Waals surface area contributed by atoms with Gasteiger partial charge in [-0.2, -0.15) is 5.10 Å². The number of para-hydroxylation sites is 1. The summed E-state index contributed by atoms with van der Waals surface area (Å²) in [5, 5.41) is 10.4. The van der Waals surface area contributed by atoms with E-state index < -0.39 is 0 Å². The minimum Gasteiger partial charge on any atom is -0.352 e. The van der Waals surface area contributed by atoms with Gasteiger partial charge in [-0.3, -0.25) is 19.3 Å². The number of rotatable bonds is 6. The summed E-state index contributed by atoms with van der Waals surface area (Å²) in [6, 6.07) is 14.3. The molecule has 0 fully saturated rings. The molecule has 0 saturated carbocycles.